The molecule has 0 heterocycles. The van der Waals surface area contributed by atoms with Crippen LogP contribution in [-0.4, -0.2) is 21.8 Å². The van der Waals surface area contributed by atoms with Crippen molar-refractivity contribution in [3.05, 3.63) is 35.9 Å². The van der Waals surface area contributed by atoms with Crippen LogP contribution < -0.4 is 5.32 Å². The first kappa shape index (κ1) is 15.4. The zero-order chi connectivity index (χ0) is 13.4. The van der Waals surface area contributed by atoms with Crippen LogP contribution in [0, 0.1) is 0 Å². The summed E-state index contributed by atoms with van der Waals surface area (Å²) in [5.41, 5.74) is 1.23. The second-order valence-corrected chi connectivity index (χ2v) is 6.50. The normalized spacial score (nSPS) is 16.2. The molecule has 0 bridgehead atoms. The summed E-state index contributed by atoms with van der Waals surface area (Å²) in [5.74, 6) is 0.812. The highest BCUT2D eigenvalue weighted by Crippen LogP contribution is 2.21. The topological polar surface area (TPSA) is 29.1 Å². The minimum absolute atomic E-state index is 0.152. The molecule has 3 unspecified atom stereocenters. The summed E-state index contributed by atoms with van der Waals surface area (Å²) < 4.78 is 12.3. The summed E-state index contributed by atoms with van der Waals surface area (Å²) in [4.78, 5) is 0. The predicted molar refractivity (Wildman–Crippen MR) is 80.2 cm³/mol. The molecule has 3 heteroatoms. The van der Waals surface area contributed by atoms with Crippen LogP contribution in [0.4, 0.5) is 0 Å². The van der Waals surface area contributed by atoms with Gasteiger partial charge in [0.2, 0.25) is 0 Å². The SMILES string of the molecule is CCCCS(=O)C(C)C(NCC)c1ccccc1. The Balaban J connectivity index is 2.75. The van der Waals surface area contributed by atoms with E-state index < -0.39 is 10.8 Å². The van der Waals surface area contributed by atoms with Crippen molar-refractivity contribution in [2.24, 2.45) is 0 Å². The van der Waals surface area contributed by atoms with Crippen LogP contribution in [-0.2, 0) is 10.8 Å². The lowest BCUT2D eigenvalue weighted by Crippen LogP contribution is -2.33. The standard InChI is InChI=1S/C15H25NOS/c1-4-6-12-18(17)13(3)15(16-5-2)14-10-8-7-9-11-14/h7-11,13,15-16H,4-6,12H2,1-3H3. The lowest BCUT2D eigenvalue weighted by molar-refractivity contribution is 0.535. The summed E-state index contributed by atoms with van der Waals surface area (Å²) >= 11 is 0. The number of rotatable bonds is 8. The number of nitrogens with one attached hydrogen (secondary N) is 1. The lowest BCUT2D eigenvalue weighted by Gasteiger charge is -2.24. The maximum Gasteiger partial charge on any atom is 0.0514 e. The van der Waals surface area contributed by atoms with Crippen molar-refractivity contribution in [1.29, 1.82) is 0 Å². The summed E-state index contributed by atoms with van der Waals surface area (Å²) in [6.45, 7) is 7.22. The Morgan fingerprint density at radius 2 is 1.89 bits per heavy atom. The zero-order valence-corrected chi connectivity index (χ0v) is 12.5. The molecule has 1 rings (SSSR count). The van der Waals surface area contributed by atoms with E-state index in [4.69, 9.17) is 0 Å². The van der Waals surface area contributed by atoms with Gasteiger partial charge in [-0.15, -0.1) is 0 Å². The second-order valence-electron chi connectivity index (χ2n) is 4.59. The Labute approximate surface area is 114 Å². The van der Waals surface area contributed by atoms with Crippen LogP contribution in [0.2, 0.25) is 0 Å². The molecule has 0 aliphatic rings. The Bertz CT molecular complexity index is 353. The van der Waals surface area contributed by atoms with Gasteiger partial charge in [0, 0.05) is 22.6 Å². The number of hydrogen-bond acceptors (Lipinski definition) is 2. The van der Waals surface area contributed by atoms with Gasteiger partial charge in [-0.3, -0.25) is 4.21 Å². The first-order chi connectivity index (χ1) is 8.70. The van der Waals surface area contributed by atoms with Crippen molar-refractivity contribution in [3.63, 3.8) is 0 Å². The molecule has 2 nitrogen and oxygen atoms in total. The van der Waals surface area contributed by atoms with Gasteiger partial charge < -0.3 is 5.32 Å². The molecule has 0 radical (unpaired) electrons. The van der Waals surface area contributed by atoms with Gasteiger partial charge in [-0.05, 0) is 25.5 Å². The molecular formula is C15H25NOS. The third-order valence-corrected chi connectivity index (χ3v) is 4.96. The van der Waals surface area contributed by atoms with Crippen LogP contribution in [0.1, 0.15) is 45.2 Å². The average molecular weight is 267 g/mol. The van der Waals surface area contributed by atoms with Gasteiger partial charge in [-0.1, -0.05) is 50.6 Å². The Morgan fingerprint density at radius 1 is 1.22 bits per heavy atom. The Kier molecular flexibility index (Phi) is 7.21. The minimum atomic E-state index is -0.759. The van der Waals surface area contributed by atoms with Crippen LogP contribution in [0.15, 0.2) is 30.3 Å². The fourth-order valence-electron chi connectivity index (χ4n) is 2.06. The summed E-state index contributed by atoms with van der Waals surface area (Å²) in [5, 5.41) is 3.61. The molecular weight excluding hydrogens is 242 g/mol. The molecule has 0 aliphatic heterocycles. The average Bonchev–Trinajstić information content (AvgIpc) is 2.42. The van der Waals surface area contributed by atoms with Gasteiger partial charge in [0.15, 0.2) is 0 Å². The van der Waals surface area contributed by atoms with Crippen LogP contribution in [0.3, 0.4) is 0 Å². The van der Waals surface area contributed by atoms with E-state index in [-0.39, 0.29) is 11.3 Å². The van der Waals surface area contributed by atoms with E-state index in [0.717, 1.165) is 25.1 Å². The van der Waals surface area contributed by atoms with Crippen molar-refractivity contribution in [2.45, 2.75) is 44.9 Å². The first-order valence-corrected chi connectivity index (χ1v) is 8.24. The van der Waals surface area contributed by atoms with Gasteiger partial charge >= 0.3 is 0 Å². The number of hydrogen-bond donors (Lipinski definition) is 1. The van der Waals surface area contributed by atoms with Crippen LogP contribution in [0.5, 0.6) is 0 Å². The molecule has 0 saturated carbocycles. The van der Waals surface area contributed by atoms with Crippen molar-refractivity contribution < 1.29 is 4.21 Å². The molecule has 1 N–H and O–H groups in total. The lowest BCUT2D eigenvalue weighted by atomic mass is 10.0. The largest absolute Gasteiger partial charge is 0.309 e. The number of unbranched alkanes of at least 4 members (excludes halogenated alkanes) is 1. The van der Waals surface area contributed by atoms with Crippen molar-refractivity contribution in [1.82, 2.24) is 5.32 Å². The Hall–Kier alpha value is -0.670. The Morgan fingerprint density at radius 3 is 2.44 bits per heavy atom. The highest BCUT2D eigenvalue weighted by atomic mass is 32.2. The van der Waals surface area contributed by atoms with E-state index in [0.29, 0.717) is 0 Å². The van der Waals surface area contributed by atoms with Gasteiger partial charge in [0.1, 0.15) is 0 Å². The molecule has 18 heavy (non-hydrogen) atoms. The molecule has 0 aliphatic carbocycles. The summed E-state index contributed by atoms with van der Waals surface area (Å²) in [6, 6.07) is 10.5. The highest BCUT2D eigenvalue weighted by molar-refractivity contribution is 7.85. The van der Waals surface area contributed by atoms with Gasteiger partial charge in [-0.2, -0.15) is 0 Å². The zero-order valence-electron chi connectivity index (χ0n) is 11.7. The molecule has 3 atom stereocenters. The first-order valence-electron chi connectivity index (χ1n) is 6.86. The quantitative estimate of drug-likeness (QED) is 0.783. The van der Waals surface area contributed by atoms with E-state index in [1.54, 1.807) is 0 Å². The smallest absolute Gasteiger partial charge is 0.0514 e. The molecule has 0 amide bonds. The van der Waals surface area contributed by atoms with E-state index in [1.165, 1.54) is 5.56 Å². The number of benzene rings is 1. The third kappa shape index (κ3) is 4.54. The summed E-state index contributed by atoms with van der Waals surface area (Å²) in [6.07, 6.45) is 2.15. The predicted octanol–water partition coefficient (Wildman–Crippen LogP) is 3.27. The summed E-state index contributed by atoms with van der Waals surface area (Å²) in [7, 11) is -0.759. The molecule has 102 valence electrons. The van der Waals surface area contributed by atoms with E-state index in [1.807, 2.05) is 18.2 Å². The third-order valence-electron chi connectivity index (χ3n) is 3.17. The molecule has 1 aromatic carbocycles. The monoisotopic (exact) mass is 267 g/mol. The second kappa shape index (κ2) is 8.44. The fraction of sp³-hybridized carbons (Fsp3) is 0.600. The van der Waals surface area contributed by atoms with Crippen molar-refractivity contribution in [3.8, 4) is 0 Å². The van der Waals surface area contributed by atoms with E-state index in [9.17, 15) is 4.21 Å². The molecule has 0 saturated heterocycles. The fourth-order valence-corrected chi connectivity index (χ4v) is 3.56. The molecule has 0 aromatic heterocycles. The maximum absolute atomic E-state index is 12.3. The minimum Gasteiger partial charge on any atom is -0.309 e. The molecule has 0 spiro atoms. The van der Waals surface area contributed by atoms with E-state index in [2.05, 4.69) is 38.2 Å². The van der Waals surface area contributed by atoms with Gasteiger partial charge in [-0.25, -0.2) is 0 Å². The maximum atomic E-state index is 12.3. The van der Waals surface area contributed by atoms with Crippen molar-refractivity contribution in [2.75, 3.05) is 12.3 Å². The van der Waals surface area contributed by atoms with Gasteiger partial charge in [0.25, 0.3) is 0 Å². The van der Waals surface area contributed by atoms with Crippen LogP contribution >= 0.6 is 0 Å². The van der Waals surface area contributed by atoms with Gasteiger partial charge in [0.05, 0.1) is 5.25 Å². The molecule has 1 aromatic rings. The van der Waals surface area contributed by atoms with Crippen LogP contribution in [0.25, 0.3) is 0 Å². The van der Waals surface area contributed by atoms with E-state index >= 15 is 0 Å². The molecule has 0 fully saturated rings. The highest BCUT2D eigenvalue weighted by Gasteiger charge is 2.22. The van der Waals surface area contributed by atoms with Crippen molar-refractivity contribution >= 4 is 10.8 Å².